The van der Waals surface area contributed by atoms with Crippen molar-refractivity contribution >= 4 is 12.1 Å². The summed E-state index contributed by atoms with van der Waals surface area (Å²) < 4.78 is 11.2. The Labute approximate surface area is 219 Å². The topological polar surface area (TPSA) is 90.4 Å². The normalized spacial score (nSPS) is 11.4. The molecule has 2 aromatic heterocycles. The molecule has 0 bridgehead atoms. The monoisotopic (exact) mass is 503 g/mol. The summed E-state index contributed by atoms with van der Waals surface area (Å²) in [5, 5.41) is 2.87. The van der Waals surface area contributed by atoms with Crippen LogP contribution in [-0.2, 0) is 29.0 Å². The smallest absolute Gasteiger partial charge is 0.407 e. The van der Waals surface area contributed by atoms with Crippen LogP contribution in [0.25, 0.3) is 11.1 Å². The first-order valence-electron chi connectivity index (χ1n) is 12.6. The molecule has 1 N–H and O–H groups in total. The second-order valence-corrected chi connectivity index (χ2v) is 10.6. The van der Waals surface area contributed by atoms with Gasteiger partial charge in [0.2, 0.25) is 0 Å². The van der Waals surface area contributed by atoms with Crippen molar-refractivity contribution in [3.63, 3.8) is 0 Å². The molecule has 7 nitrogen and oxygen atoms in total. The van der Waals surface area contributed by atoms with Crippen molar-refractivity contribution in [2.45, 2.75) is 73.6 Å². The number of amides is 1. The molecule has 1 aromatic carbocycles. The van der Waals surface area contributed by atoms with Crippen LogP contribution >= 0.6 is 0 Å². The van der Waals surface area contributed by atoms with E-state index in [2.05, 4.69) is 24.1 Å². The van der Waals surface area contributed by atoms with Gasteiger partial charge in [-0.1, -0.05) is 43.7 Å². The van der Waals surface area contributed by atoms with Crippen LogP contribution < -0.4 is 5.32 Å². The van der Waals surface area contributed by atoms with E-state index in [9.17, 15) is 9.59 Å². The molecular formula is C30H37N3O4. The number of carbonyl (C=O) groups excluding carboxylic acids is 2. The summed E-state index contributed by atoms with van der Waals surface area (Å²) in [5.74, 6) is -0.144. The van der Waals surface area contributed by atoms with Gasteiger partial charge in [0.15, 0.2) is 0 Å². The van der Waals surface area contributed by atoms with Gasteiger partial charge < -0.3 is 14.8 Å². The summed E-state index contributed by atoms with van der Waals surface area (Å²) in [7, 11) is 0. The highest BCUT2D eigenvalue weighted by Gasteiger charge is 2.26. The summed E-state index contributed by atoms with van der Waals surface area (Å²) in [6, 6.07) is 11.6. The molecule has 3 aromatic rings. The zero-order valence-corrected chi connectivity index (χ0v) is 22.8. The van der Waals surface area contributed by atoms with Gasteiger partial charge in [-0.05, 0) is 70.2 Å². The third-order valence-electron chi connectivity index (χ3n) is 5.64. The first-order chi connectivity index (χ1) is 17.4. The molecule has 2 heterocycles. The minimum atomic E-state index is -0.627. The maximum atomic E-state index is 13.5. The first kappa shape index (κ1) is 27.8. The maximum Gasteiger partial charge on any atom is 0.407 e. The van der Waals surface area contributed by atoms with E-state index in [1.54, 1.807) is 24.5 Å². The Hall–Kier alpha value is -3.74. The van der Waals surface area contributed by atoms with Crippen LogP contribution in [-0.4, -0.2) is 27.6 Å². The SMILES string of the molecule is Cc1ccc(-c2c(CNC(=O)OC(C)(C)C)c(CC(C)C)nc(C)c2C(=O)OCc2ccncc2)cc1. The maximum absolute atomic E-state index is 13.5. The number of alkyl carbamates (subject to hydrolysis) is 1. The average molecular weight is 504 g/mol. The molecule has 0 aliphatic rings. The lowest BCUT2D eigenvalue weighted by Crippen LogP contribution is -2.32. The van der Waals surface area contributed by atoms with Crippen molar-refractivity contribution in [2.24, 2.45) is 5.92 Å². The van der Waals surface area contributed by atoms with Crippen LogP contribution in [0.1, 0.15) is 73.1 Å². The fourth-order valence-electron chi connectivity index (χ4n) is 4.01. The van der Waals surface area contributed by atoms with Crippen LogP contribution in [0.4, 0.5) is 4.79 Å². The summed E-state index contributed by atoms with van der Waals surface area (Å²) >= 11 is 0. The highest BCUT2D eigenvalue weighted by Crippen LogP contribution is 2.33. The van der Waals surface area contributed by atoms with E-state index in [4.69, 9.17) is 14.5 Å². The van der Waals surface area contributed by atoms with Gasteiger partial charge in [-0.2, -0.15) is 0 Å². The Kier molecular flexibility index (Phi) is 9.03. The van der Waals surface area contributed by atoms with Crippen molar-refractivity contribution in [1.82, 2.24) is 15.3 Å². The lowest BCUT2D eigenvalue weighted by molar-refractivity contribution is 0.0471. The lowest BCUT2D eigenvalue weighted by atomic mass is 9.89. The Morgan fingerprint density at radius 1 is 1.00 bits per heavy atom. The second-order valence-electron chi connectivity index (χ2n) is 10.6. The first-order valence-corrected chi connectivity index (χ1v) is 12.6. The predicted molar refractivity (Wildman–Crippen MR) is 144 cm³/mol. The van der Waals surface area contributed by atoms with Crippen LogP contribution in [0.3, 0.4) is 0 Å². The highest BCUT2D eigenvalue weighted by molar-refractivity contribution is 5.99. The van der Waals surface area contributed by atoms with E-state index in [-0.39, 0.29) is 13.2 Å². The number of hydrogen-bond acceptors (Lipinski definition) is 6. The zero-order valence-electron chi connectivity index (χ0n) is 22.8. The Morgan fingerprint density at radius 3 is 2.24 bits per heavy atom. The summed E-state index contributed by atoms with van der Waals surface area (Å²) in [5.41, 5.74) is 5.50. The Morgan fingerprint density at radius 2 is 1.65 bits per heavy atom. The van der Waals surface area contributed by atoms with Gasteiger partial charge >= 0.3 is 12.1 Å². The molecule has 0 saturated carbocycles. The predicted octanol–water partition coefficient (Wildman–Crippen LogP) is 6.34. The molecule has 3 rings (SSSR count). The average Bonchev–Trinajstić information content (AvgIpc) is 2.81. The van der Waals surface area contributed by atoms with Gasteiger partial charge in [-0.15, -0.1) is 0 Å². The number of nitrogens with zero attached hydrogens (tertiary/aromatic N) is 2. The number of ether oxygens (including phenoxy) is 2. The van der Waals surface area contributed by atoms with Gasteiger partial charge in [0.1, 0.15) is 12.2 Å². The Bertz CT molecular complexity index is 1230. The molecule has 0 aliphatic heterocycles. The second kappa shape index (κ2) is 12.0. The number of aryl methyl sites for hydroxylation is 2. The number of aromatic nitrogens is 2. The third-order valence-corrected chi connectivity index (χ3v) is 5.64. The van der Waals surface area contributed by atoms with Crippen molar-refractivity contribution in [1.29, 1.82) is 0 Å². The van der Waals surface area contributed by atoms with E-state index < -0.39 is 17.7 Å². The van der Waals surface area contributed by atoms with Gasteiger partial charge in [0.25, 0.3) is 0 Å². The number of pyridine rings is 2. The Balaban J connectivity index is 2.11. The molecule has 0 spiro atoms. The summed E-state index contributed by atoms with van der Waals surface area (Å²) in [6.45, 7) is 13.8. The van der Waals surface area contributed by atoms with E-state index in [1.165, 1.54) is 0 Å². The number of esters is 1. The number of carbonyl (C=O) groups is 2. The molecular weight excluding hydrogens is 466 g/mol. The van der Waals surface area contributed by atoms with E-state index >= 15 is 0 Å². The minimum Gasteiger partial charge on any atom is -0.457 e. The summed E-state index contributed by atoms with van der Waals surface area (Å²) in [6.07, 6.45) is 3.49. The van der Waals surface area contributed by atoms with Crippen LogP contribution in [0, 0.1) is 19.8 Å². The molecule has 1 amide bonds. The quantitative estimate of drug-likeness (QED) is 0.361. The molecule has 0 radical (unpaired) electrons. The number of nitrogens with one attached hydrogen (secondary N) is 1. The zero-order chi connectivity index (χ0) is 27.2. The molecule has 0 unspecified atom stereocenters. The minimum absolute atomic E-state index is 0.118. The summed E-state index contributed by atoms with van der Waals surface area (Å²) in [4.78, 5) is 34.9. The highest BCUT2D eigenvalue weighted by atomic mass is 16.6. The van der Waals surface area contributed by atoms with Crippen molar-refractivity contribution in [2.75, 3.05) is 0 Å². The van der Waals surface area contributed by atoms with Crippen molar-refractivity contribution in [3.8, 4) is 11.1 Å². The van der Waals surface area contributed by atoms with E-state index in [1.807, 2.05) is 58.9 Å². The molecule has 0 fully saturated rings. The molecule has 7 heteroatoms. The molecule has 196 valence electrons. The van der Waals surface area contributed by atoms with E-state index in [0.717, 1.165) is 33.5 Å². The van der Waals surface area contributed by atoms with Crippen molar-refractivity contribution in [3.05, 3.63) is 82.4 Å². The van der Waals surface area contributed by atoms with Crippen LogP contribution in [0.15, 0.2) is 48.8 Å². The lowest BCUT2D eigenvalue weighted by Gasteiger charge is -2.23. The number of rotatable bonds is 8. The van der Waals surface area contributed by atoms with Gasteiger partial charge in [-0.3, -0.25) is 9.97 Å². The standard InChI is InChI=1S/C30H37N3O4/c1-19(2)16-25-24(17-32-29(35)37-30(5,6)7)27(23-10-8-20(3)9-11-23)26(21(4)33-25)28(34)36-18-22-12-14-31-15-13-22/h8-15,19H,16-18H2,1-7H3,(H,32,35). The van der Waals surface area contributed by atoms with Crippen LogP contribution in [0.2, 0.25) is 0 Å². The molecule has 0 saturated heterocycles. The van der Waals surface area contributed by atoms with Crippen LogP contribution in [0.5, 0.6) is 0 Å². The number of hydrogen-bond donors (Lipinski definition) is 1. The third kappa shape index (κ3) is 7.87. The number of benzene rings is 1. The molecule has 37 heavy (non-hydrogen) atoms. The van der Waals surface area contributed by atoms with Gasteiger partial charge in [-0.25, -0.2) is 9.59 Å². The molecule has 0 aliphatic carbocycles. The largest absolute Gasteiger partial charge is 0.457 e. The fraction of sp³-hybridized carbons (Fsp3) is 0.400. The van der Waals surface area contributed by atoms with E-state index in [0.29, 0.717) is 23.6 Å². The van der Waals surface area contributed by atoms with Gasteiger partial charge in [0, 0.05) is 35.8 Å². The van der Waals surface area contributed by atoms with Gasteiger partial charge in [0.05, 0.1) is 11.3 Å². The fourth-order valence-corrected chi connectivity index (χ4v) is 4.01. The molecule has 0 atom stereocenters. The van der Waals surface area contributed by atoms with Crippen molar-refractivity contribution < 1.29 is 19.1 Å².